The van der Waals surface area contributed by atoms with Crippen LogP contribution in [-0.4, -0.2) is 9.78 Å². The first kappa shape index (κ1) is 13.1. The van der Waals surface area contributed by atoms with Gasteiger partial charge in [0.2, 0.25) is 0 Å². The van der Waals surface area contributed by atoms with Crippen molar-refractivity contribution in [3.05, 3.63) is 45.7 Å². The SMILES string of the molecule is CCn1cc(CNc2c(C)cc(Br)cc2C)cn1. The first-order chi connectivity index (χ1) is 8.60. The van der Waals surface area contributed by atoms with Gasteiger partial charge in [-0.2, -0.15) is 5.10 Å². The topological polar surface area (TPSA) is 29.9 Å². The van der Waals surface area contributed by atoms with Crippen LogP contribution in [0.5, 0.6) is 0 Å². The van der Waals surface area contributed by atoms with Crippen LogP contribution in [0.15, 0.2) is 29.0 Å². The van der Waals surface area contributed by atoms with Crippen molar-refractivity contribution in [1.82, 2.24) is 9.78 Å². The van der Waals surface area contributed by atoms with Gasteiger partial charge in [-0.1, -0.05) is 15.9 Å². The number of hydrogen-bond donors (Lipinski definition) is 1. The second kappa shape index (κ2) is 5.57. The lowest BCUT2D eigenvalue weighted by molar-refractivity contribution is 0.659. The van der Waals surface area contributed by atoms with Crippen LogP contribution < -0.4 is 5.32 Å². The number of anilines is 1. The summed E-state index contributed by atoms with van der Waals surface area (Å²) in [7, 11) is 0. The molecule has 0 aliphatic rings. The van der Waals surface area contributed by atoms with Gasteiger partial charge in [-0.25, -0.2) is 0 Å². The molecule has 0 saturated heterocycles. The lowest BCUT2D eigenvalue weighted by Crippen LogP contribution is -2.02. The summed E-state index contributed by atoms with van der Waals surface area (Å²) >= 11 is 3.51. The Bertz CT molecular complexity index is 523. The predicted molar refractivity (Wildman–Crippen MR) is 78.8 cm³/mol. The number of nitrogens with one attached hydrogen (secondary N) is 1. The quantitative estimate of drug-likeness (QED) is 0.928. The molecular formula is C14H18BrN3. The standard InChI is InChI=1S/C14H18BrN3/c1-4-18-9-12(8-17-18)7-16-14-10(2)5-13(15)6-11(14)3/h5-6,8-9,16H,4,7H2,1-3H3. The van der Waals surface area contributed by atoms with Gasteiger partial charge in [-0.3, -0.25) is 4.68 Å². The highest BCUT2D eigenvalue weighted by atomic mass is 79.9. The average Bonchev–Trinajstić information content (AvgIpc) is 2.75. The largest absolute Gasteiger partial charge is 0.380 e. The molecule has 18 heavy (non-hydrogen) atoms. The second-order valence-corrected chi connectivity index (χ2v) is 5.39. The first-order valence-electron chi connectivity index (χ1n) is 6.12. The molecule has 0 saturated carbocycles. The maximum atomic E-state index is 4.28. The minimum absolute atomic E-state index is 0.809. The Balaban J connectivity index is 2.10. The molecule has 0 radical (unpaired) electrons. The van der Waals surface area contributed by atoms with Crippen molar-refractivity contribution in [1.29, 1.82) is 0 Å². The molecule has 1 aromatic heterocycles. The number of aromatic nitrogens is 2. The number of rotatable bonds is 4. The van der Waals surface area contributed by atoms with E-state index < -0.39 is 0 Å². The molecule has 0 bridgehead atoms. The monoisotopic (exact) mass is 307 g/mol. The summed E-state index contributed by atoms with van der Waals surface area (Å²) in [6.07, 6.45) is 4.00. The average molecular weight is 308 g/mol. The minimum Gasteiger partial charge on any atom is -0.380 e. The van der Waals surface area contributed by atoms with Crippen LogP contribution in [-0.2, 0) is 13.1 Å². The van der Waals surface area contributed by atoms with Gasteiger partial charge in [0.05, 0.1) is 6.20 Å². The van der Waals surface area contributed by atoms with Crippen molar-refractivity contribution in [2.24, 2.45) is 0 Å². The Morgan fingerprint density at radius 2 is 1.94 bits per heavy atom. The van der Waals surface area contributed by atoms with Crippen molar-refractivity contribution < 1.29 is 0 Å². The molecule has 1 aromatic carbocycles. The van der Waals surface area contributed by atoms with Gasteiger partial charge in [0, 0.05) is 35.0 Å². The van der Waals surface area contributed by atoms with E-state index in [0.717, 1.165) is 17.6 Å². The maximum absolute atomic E-state index is 4.28. The van der Waals surface area contributed by atoms with Gasteiger partial charge in [0.25, 0.3) is 0 Å². The summed E-state index contributed by atoms with van der Waals surface area (Å²) in [4.78, 5) is 0. The molecule has 0 fully saturated rings. The lowest BCUT2D eigenvalue weighted by Gasteiger charge is -2.12. The van der Waals surface area contributed by atoms with E-state index in [1.807, 2.05) is 10.9 Å². The summed E-state index contributed by atoms with van der Waals surface area (Å²) in [6, 6.07) is 4.26. The van der Waals surface area contributed by atoms with Gasteiger partial charge >= 0.3 is 0 Å². The Labute approximate surface area is 116 Å². The normalized spacial score (nSPS) is 10.7. The summed E-state index contributed by atoms with van der Waals surface area (Å²) in [5.41, 5.74) is 4.93. The Morgan fingerprint density at radius 1 is 1.28 bits per heavy atom. The molecular weight excluding hydrogens is 290 g/mol. The molecule has 3 nitrogen and oxygen atoms in total. The molecule has 1 N–H and O–H groups in total. The molecule has 0 spiro atoms. The highest BCUT2D eigenvalue weighted by Gasteiger charge is 2.04. The smallest absolute Gasteiger partial charge is 0.0539 e. The van der Waals surface area contributed by atoms with Gasteiger partial charge < -0.3 is 5.32 Å². The van der Waals surface area contributed by atoms with E-state index in [4.69, 9.17) is 0 Å². The Morgan fingerprint density at radius 3 is 2.50 bits per heavy atom. The summed E-state index contributed by atoms with van der Waals surface area (Å²) in [6.45, 7) is 8.05. The number of hydrogen-bond acceptors (Lipinski definition) is 2. The highest BCUT2D eigenvalue weighted by molar-refractivity contribution is 9.10. The fraction of sp³-hybridized carbons (Fsp3) is 0.357. The molecule has 2 aromatic rings. The molecule has 0 unspecified atom stereocenters. The summed E-state index contributed by atoms with van der Waals surface area (Å²) in [5.74, 6) is 0. The van der Waals surface area contributed by atoms with Crippen molar-refractivity contribution >= 4 is 21.6 Å². The summed E-state index contributed by atoms with van der Waals surface area (Å²) in [5, 5.41) is 7.76. The van der Waals surface area contributed by atoms with Gasteiger partial charge in [0.1, 0.15) is 0 Å². The molecule has 0 aliphatic heterocycles. The maximum Gasteiger partial charge on any atom is 0.0539 e. The van der Waals surface area contributed by atoms with Crippen molar-refractivity contribution in [3.8, 4) is 0 Å². The molecule has 0 atom stereocenters. The van der Waals surface area contributed by atoms with Crippen LogP contribution in [0.25, 0.3) is 0 Å². The third-order valence-corrected chi connectivity index (χ3v) is 3.44. The minimum atomic E-state index is 0.809. The van der Waals surface area contributed by atoms with Gasteiger partial charge in [0.15, 0.2) is 0 Å². The van der Waals surface area contributed by atoms with Crippen molar-refractivity contribution in [3.63, 3.8) is 0 Å². The fourth-order valence-electron chi connectivity index (χ4n) is 2.05. The van der Waals surface area contributed by atoms with Crippen LogP contribution in [0, 0.1) is 13.8 Å². The zero-order chi connectivity index (χ0) is 13.1. The second-order valence-electron chi connectivity index (χ2n) is 4.47. The van der Waals surface area contributed by atoms with Crippen LogP contribution in [0.1, 0.15) is 23.6 Å². The van der Waals surface area contributed by atoms with Crippen LogP contribution in [0.2, 0.25) is 0 Å². The zero-order valence-electron chi connectivity index (χ0n) is 11.0. The number of aryl methyl sites for hydroxylation is 3. The fourth-order valence-corrected chi connectivity index (χ4v) is 2.74. The van der Waals surface area contributed by atoms with E-state index in [1.54, 1.807) is 0 Å². The Hall–Kier alpha value is -1.29. The van der Waals surface area contributed by atoms with Crippen LogP contribution in [0.3, 0.4) is 0 Å². The molecule has 4 heteroatoms. The number of benzene rings is 1. The van der Waals surface area contributed by atoms with E-state index in [-0.39, 0.29) is 0 Å². The molecule has 2 rings (SSSR count). The number of halogens is 1. The van der Waals surface area contributed by atoms with E-state index in [0.29, 0.717) is 0 Å². The molecule has 0 amide bonds. The molecule has 1 heterocycles. The van der Waals surface area contributed by atoms with Crippen LogP contribution in [0.4, 0.5) is 5.69 Å². The van der Waals surface area contributed by atoms with E-state index in [9.17, 15) is 0 Å². The van der Waals surface area contributed by atoms with Gasteiger partial charge in [-0.15, -0.1) is 0 Å². The van der Waals surface area contributed by atoms with E-state index >= 15 is 0 Å². The predicted octanol–water partition coefficient (Wildman–Crippen LogP) is 3.89. The Kier molecular flexibility index (Phi) is 4.07. The van der Waals surface area contributed by atoms with Crippen molar-refractivity contribution in [2.45, 2.75) is 33.9 Å². The highest BCUT2D eigenvalue weighted by Crippen LogP contribution is 2.25. The number of nitrogens with zero attached hydrogens (tertiary/aromatic N) is 2. The van der Waals surface area contributed by atoms with Crippen LogP contribution >= 0.6 is 15.9 Å². The lowest BCUT2D eigenvalue weighted by atomic mass is 10.1. The summed E-state index contributed by atoms with van der Waals surface area (Å²) < 4.78 is 3.07. The molecule has 0 aliphatic carbocycles. The van der Waals surface area contributed by atoms with Crippen molar-refractivity contribution in [2.75, 3.05) is 5.32 Å². The van der Waals surface area contributed by atoms with E-state index in [1.165, 1.54) is 22.4 Å². The zero-order valence-corrected chi connectivity index (χ0v) is 12.6. The van der Waals surface area contributed by atoms with Gasteiger partial charge in [-0.05, 0) is 44.0 Å². The first-order valence-corrected chi connectivity index (χ1v) is 6.91. The molecule has 96 valence electrons. The van der Waals surface area contributed by atoms with E-state index in [2.05, 4.69) is 65.4 Å². The third kappa shape index (κ3) is 2.93. The third-order valence-electron chi connectivity index (χ3n) is 2.98.